The zero-order valence-corrected chi connectivity index (χ0v) is 19.8. The number of ether oxygens (including phenoxy) is 1. The number of hydrogen-bond donors (Lipinski definition) is 1. The number of amidine groups is 1. The predicted octanol–water partition coefficient (Wildman–Crippen LogP) is 4.64. The molecule has 2 aliphatic rings. The fourth-order valence-corrected chi connectivity index (χ4v) is 5.06. The highest BCUT2D eigenvalue weighted by Crippen LogP contribution is 2.39. The largest absolute Gasteiger partial charge is 0.495 e. The number of aryl methyl sites for hydroxylation is 1. The Hall–Kier alpha value is -3.52. The van der Waals surface area contributed by atoms with Crippen LogP contribution in [0.2, 0.25) is 0 Å². The molecule has 0 unspecified atom stereocenters. The third kappa shape index (κ3) is 4.23. The van der Waals surface area contributed by atoms with Crippen LogP contribution in [0.1, 0.15) is 36.1 Å². The van der Waals surface area contributed by atoms with Crippen LogP contribution in [0.15, 0.2) is 59.5 Å². The minimum atomic E-state index is -0.984. The lowest BCUT2D eigenvalue weighted by molar-refractivity contribution is 0.100. The summed E-state index contributed by atoms with van der Waals surface area (Å²) >= 11 is 0. The molecular weight excluding hydrogens is 450 g/mol. The van der Waals surface area contributed by atoms with Crippen LogP contribution < -0.4 is 4.74 Å². The number of aliphatic hydroxyl groups is 1. The van der Waals surface area contributed by atoms with Crippen LogP contribution in [0.3, 0.4) is 0 Å². The molecule has 2 aliphatic heterocycles. The van der Waals surface area contributed by atoms with E-state index in [0.29, 0.717) is 12.1 Å². The highest BCUT2D eigenvalue weighted by molar-refractivity contribution is 6.04. The smallest absolute Gasteiger partial charge is 0.143 e. The van der Waals surface area contributed by atoms with E-state index in [2.05, 4.69) is 11.1 Å². The van der Waals surface area contributed by atoms with Crippen LogP contribution in [0.4, 0.5) is 8.78 Å². The Labute approximate surface area is 203 Å². The van der Waals surface area contributed by atoms with E-state index in [9.17, 15) is 13.9 Å². The van der Waals surface area contributed by atoms with E-state index in [1.165, 1.54) is 12.1 Å². The molecule has 3 aromatic rings. The molecule has 2 aromatic carbocycles. The Morgan fingerprint density at radius 1 is 1.14 bits per heavy atom. The van der Waals surface area contributed by atoms with Crippen LogP contribution in [-0.2, 0) is 5.54 Å². The first-order chi connectivity index (χ1) is 16.9. The molecule has 0 spiro atoms. The second kappa shape index (κ2) is 9.26. The van der Waals surface area contributed by atoms with E-state index in [1.807, 2.05) is 40.8 Å². The van der Waals surface area contributed by atoms with Crippen molar-refractivity contribution in [3.63, 3.8) is 0 Å². The topological polar surface area (TPSA) is 62.9 Å². The summed E-state index contributed by atoms with van der Waals surface area (Å²) in [6, 6.07) is 9.43. The Morgan fingerprint density at radius 2 is 1.94 bits per heavy atom. The number of benzene rings is 2. The van der Waals surface area contributed by atoms with Crippen molar-refractivity contribution in [3.8, 4) is 11.4 Å². The Kier molecular flexibility index (Phi) is 6.15. The molecule has 35 heavy (non-hydrogen) atoms. The average molecular weight is 479 g/mol. The number of aliphatic imine (C=N–C) groups is 1. The summed E-state index contributed by atoms with van der Waals surface area (Å²) in [5.74, 6) is 0.171. The van der Waals surface area contributed by atoms with Crippen molar-refractivity contribution in [1.82, 2.24) is 14.5 Å². The lowest BCUT2D eigenvalue weighted by Crippen LogP contribution is -2.50. The SMILES string of the molecule is COc1cc(/C=C2\CCCCN3C2=NC[C@]3(CO)c2cc(F)cc(F)c2)ccc1-n1cnc(C)c1. The van der Waals surface area contributed by atoms with Crippen molar-refractivity contribution >= 4 is 11.9 Å². The van der Waals surface area contributed by atoms with Gasteiger partial charge in [0.1, 0.15) is 28.8 Å². The summed E-state index contributed by atoms with van der Waals surface area (Å²) in [6.07, 6.45) is 8.44. The highest BCUT2D eigenvalue weighted by atomic mass is 19.1. The molecule has 1 atom stereocenters. The highest BCUT2D eigenvalue weighted by Gasteiger charge is 2.45. The summed E-state index contributed by atoms with van der Waals surface area (Å²) in [5.41, 5.74) is 3.22. The molecule has 0 radical (unpaired) electrons. The van der Waals surface area contributed by atoms with E-state index < -0.39 is 17.2 Å². The first kappa shape index (κ1) is 23.2. The van der Waals surface area contributed by atoms with Crippen LogP contribution in [0, 0.1) is 18.6 Å². The molecule has 1 aromatic heterocycles. The van der Waals surface area contributed by atoms with Crippen LogP contribution in [0.5, 0.6) is 5.75 Å². The van der Waals surface area contributed by atoms with Crippen LogP contribution in [0.25, 0.3) is 11.8 Å². The van der Waals surface area contributed by atoms with Gasteiger partial charge in [-0.25, -0.2) is 13.8 Å². The Bertz CT molecular complexity index is 1300. The maximum atomic E-state index is 14.1. The van der Waals surface area contributed by atoms with E-state index in [4.69, 9.17) is 9.73 Å². The fourth-order valence-electron chi connectivity index (χ4n) is 5.06. The van der Waals surface area contributed by atoms with Gasteiger partial charge in [-0.2, -0.15) is 0 Å². The summed E-state index contributed by atoms with van der Waals surface area (Å²) in [5, 5.41) is 10.5. The number of imidazole rings is 1. The molecule has 8 heteroatoms. The van der Waals surface area contributed by atoms with Crippen LogP contribution in [-0.4, -0.2) is 52.2 Å². The first-order valence-corrected chi connectivity index (χ1v) is 11.7. The van der Waals surface area contributed by atoms with E-state index >= 15 is 0 Å². The number of fused-ring (bicyclic) bond motifs is 1. The van der Waals surface area contributed by atoms with Gasteiger partial charge in [-0.15, -0.1) is 0 Å². The first-order valence-electron chi connectivity index (χ1n) is 11.7. The summed E-state index contributed by atoms with van der Waals surface area (Å²) < 4.78 is 35.7. The minimum absolute atomic E-state index is 0.237. The van der Waals surface area contributed by atoms with Crippen molar-refractivity contribution < 1.29 is 18.6 Å². The minimum Gasteiger partial charge on any atom is -0.495 e. The monoisotopic (exact) mass is 478 g/mol. The third-order valence-electron chi connectivity index (χ3n) is 6.82. The Morgan fingerprint density at radius 3 is 2.63 bits per heavy atom. The number of nitrogens with zero attached hydrogens (tertiary/aromatic N) is 4. The molecule has 0 amide bonds. The standard InChI is InChI=1S/C27H28F2N4O2/c1-18-14-32(17-31-18)24-7-6-19(10-25(24)35-2)9-20-5-3-4-8-33-26(20)30-15-27(33,16-34)21-11-22(28)13-23(29)12-21/h6-7,9-14,17,34H,3-5,8,15-16H2,1-2H3/b20-9+/t27-/m0/s1. The van der Waals surface area contributed by atoms with Crippen molar-refractivity contribution in [1.29, 1.82) is 0 Å². The zero-order valence-electron chi connectivity index (χ0n) is 19.8. The molecule has 5 rings (SSSR count). The van der Waals surface area contributed by atoms with Gasteiger partial charge in [0.05, 0.1) is 38.0 Å². The number of aromatic nitrogens is 2. The summed E-state index contributed by atoms with van der Waals surface area (Å²) in [6.45, 7) is 2.54. The van der Waals surface area contributed by atoms with Gasteiger partial charge >= 0.3 is 0 Å². The molecule has 182 valence electrons. The number of halogens is 2. The third-order valence-corrected chi connectivity index (χ3v) is 6.82. The predicted molar refractivity (Wildman–Crippen MR) is 131 cm³/mol. The van der Waals surface area contributed by atoms with Crippen molar-refractivity contribution in [2.24, 2.45) is 4.99 Å². The maximum absolute atomic E-state index is 14.1. The van der Waals surface area contributed by atoms with E-state index in [1.54, 1.807) is 13.4 Å². The van der Waals surface area contributed by atoms with Gasteiger partial charge in [-0.1, -0.05) is 6.07 Å². The number of rotatable bonds is 5. The molecule has 3 heterocycles. The second-order valence-corrected chi connectivity index (χ2v) is 9.12. The lowest BCUT2D eigenvalue weighted by Gasteiger charge is -2.39. The van der Waals surface area contributed by atoms with Gasteiger partial charge in [0, 0.05) is 18.8 Å². The lowest BCUT2D eigenvalue weighted by atomic mass is 9.89. The number of hydrogen-bond acceptors (Lipinski definition) is 5. The van der Waals surface area contributed by atoms with E-state index in [-0.39, 0.29) is 13.2 Å². The molecule has 1 saturated heterocycles. The molecule has 0 bridgehead atoms. The number of aliphatic hydroxyl groups excluding tert-OH is 1. The van der Waals surface area contributed by atoms with Crippen molar-refractivity contribution in [2.75, 3.05) is 26.8 Å². The number of methoxy groups -OCH3 is 1. The van der Waals surface area contributed by atoms with Gasteiger partial charge in [0.25, 0.3) is 0 Å². The molecule has 1 N–H and O–H groups in total. The Balaban J connectivity index is 1.51. The summed E-state index contributed by atoms with van der Waals surface area (Å²) in [4.78, 5) is 11.1. The normalized spacial score (nSPS) is 21.1. The van der Waals surface area contributed by atoms with E-state index in [0.717, 1.165) is 59.4 Å². The summed E-state index contributed by atoms with van der Waals surface area (Å²) in [7, 11) is 1.64. The van der Waals surface area contributed by atoms with Crippen molar-refractivity contribution in [3.05, 3.63) is 83.0 Å². The van der Waals surface area contributed by atoms with Gasteiger partial charge in [0.2, 0.25) is 0 Å². The molecule has 6 nitrogen and oxygen atoms in total. The van der Waals surface area contributed by atoms with Crippen molar-refractivity contribution in [2.45, 2.75) is 31.7 Å². The maximum Gasteiger partial charge on any atom is 0.143 e. The van der Waals surface area contributed by atoms with Gasteiger partial charge < -0.3 is 19.3 Å². The second-order valence-electron chi connectivity index (χ2n) is 9.12. The quantitative estimate of drug-likeness (QED) is 0.581. The van der Waals surface area contributed by atoms with Crippen LogP contribution >= 0.6 is 0 Å². The molecule has 0 saturated carbocycles. The molecular formula is C27H28F2N4O2. The fraction of sp³-hybridized carbons (Fsp3) is 0.333. The molecule has 1 fully saturated rings. The van der Waals surface area contributed by atoms with Gasteiger partial charge in [-0.3, -0.25) is 4.99 Å². The van der Waals surface area contributed by atoms with Gasteiger partial charge in [-0.05, 0) is 73.2 Å². The zero-order chi connectivity index (χ0) is 24.6. The van der Waals surface area contributed by atoms with Gasteiger partial charge in [0.15, 0.2) is 0 Å². The average Bonchev–Trinajstić information content (AvgIpc) is 3.38. The molecule has 0 aliphatic carbocycles.